The molecule has 1 fully saturated rings. The average molecular weight is 395 g/mol. The van der Waals surface area contributed by atoms with Crippen LogP contribution >= 0.6 is 15.9 Å². The van der Waals surface area contributed by atoms with Gasteiger partial charge in [0.15, 0.2) is 18.2 Å². The van der Waals surface area contributed by atoms with E-state index in [1.54, 1.807) is 11.0 Å². The van der Waals surface area contributed by atoms with Crippen LogP contribution in [0.4, 0.5) is 10.2 Å². The van der Waals surface area contributed by atoms with Gasteiger partial charge in [0.2, 0.25) is 0 Å². The number of amides is 1. The predicted octanol–water partition coefficient (Wildman–Crippen LogP) is 2.13. The highest BCUT2D eigenvalue weighted by Gasteiger charge is 2.26. The van der Waals surface area contributed by atoms with Gasteiger partial charge in [0.25, 0.3) is 11.7 Å². The van der Waals surface area contributed by atoms with Crippen molar-refractivity contribution >= 4 is 27.7 Å². The molecule has 1 aliphatic heterocycles. The van der Waals surface area contributed by atoms with E-state index in [1.807, 2.05) is 24.4 Å². The first-order valence-electron chi connectivity index (χ1n) is 7.71. The monoisotopic (exact) mass is 394 g/mol. The van der Waals surface area contributed by atoms with Crippen LogP contribution in [-0.4, -0.2) is 43.6 Å². The van der Waals surface area contributed by atoms with Crippen molar-refractivity contribution in [3.63, 3.8) is 0 Å². The molecular weight excluding hydrogens is 377 g/mol. The van der Waals surface area contributed by atoms with E-state index < -0.39 is 5.82 Å². The van der Waals surface area contributed by atoms with Crippen molar-refractivity contribution in [2.24, 2.45) is 0 Å². The highest BCUT2D eigenvalue weighted by molar-refractivity contribution is 9.10. The fourth-order valence-electron chi connectivity index (χ4n) is 2.60. The molecule has 24 heavy (non-hydrogen) atoms. The predicted molar refractivity (Wildman–Crippen MR) is 91.4 cm³/mol. The van der Waals surface area contributed by atoms with Crippen LogP contribution in [0.1, 0.15) is 0 Å². The Bertz CT molecular complexity index is 706. The minimum absolute atomic E-state index is 0.0871. The molecule has 0 spiro atoms. The third-order valence-electron chi connectivity index (χ3n) is 3.91. The molecule has 0 unspecified atom stereocenters. The van der Waals surface area contributed by atoms with E-state index in [2.05, 4.69) is 25.8 Å². The summed E-state index contributed by atoms with van der Waals surface area (Å²) in [7, 11) is 0. The Hall–Kier alpha value is -2.15. The fraction of sp³-hybridized carbons (Fsp3) is 0.294. The number of carbonyl (C=O) groups is 1. The second-order valence-corrected chi connectivity index (χ2v) is 6.39. The van der Waals surface area contributed by atoms with Crippen molar-refractivity contribution in [3.05, 3.63) is 52.9 Å². The average Bonchev–Trinajstić information content (AvgIpc) is 2.62. The van der Waals surface area contributed by atoms with Crippen molar-refractivity contribution in [2.45, 2.75) is 0 Å². The molecule has 1 saturated heterocycles. The number of rotatable bonds is 4. The maximum Gasteiger partial charge on any atom is 0.274 e. The standard InChI is InChI=1S/C17H17BrFN3O2/c18-13-4-5-15(14(19)11-13)24-12-17(23)22-9-7-21(8-10-22)16-3-1-2-6-20-16/h1-6,11H,7-10,12H2/p+1. The molecule has 3 rings (SSSR count). The number of pyridine rings is 1. The Morgan fingerprint density at radius 1 is 1.21 bits per heavy atom. The van der Waals surface area contributed by atoms with Crippen LogP contribution in [-0.2, 0) is 4.79 Å². The Balaban J connectivity index is 1.50. The van der Waals surface area contributed by atoms with Gasteiger partial charge in [-0.2, -0.15) is 0 Å². The zero-order chi connectivity index (χ0) is 16.9. The van der Waals surface area contributed by atoms with Crippen molar-refractivity contribution in [2.75, 3.05) is 37.7 Å². The van der Waals surface area contributed by atoms with Crippen molar-refractivity contribution in [1.29, 1.82) is 0 Å². The molecular formula is C17H18BrFN3O2+. The number of H-pyrrole nitrogens is 1. The smallest absolute Gasteiger partial charge is 0.274 e. The van der Waals surface area contributed by atoms with E-state index in [0.29, 0.717) is 17.6 Å². The van der Waals surface area contributed by atoms with Gasteiger partial charge >= 0.3 is 0 Å². The van der Waals surface area contributed by atoms with Crippen LogP contribution in [0.25, 0.3) is 0 Å². The number of aromatic amines is 1. The first-order valence-corrected chi connectivity index (χ1v) is 8.50. The number of hydrogen-bond donors (Lipinski definition) is 0. The van der Waals surface area contributed by atoms with Gasteiger partial charge in [-0.05, 0) is 24.3 Å². The van der Waals surface area contributed by atoms with Gasteiger partial charge in [-0.3, -0.25) is 9.69 Å². The summed E-state index contributed by atoms with van der Waals surface area (Å²) in [6.45, 7) is 2.58. The molecule has 7 heteroatoms. The summed E-state index contributed by atoms with van der Waals surface area (Å²) < 4.78 is 19.6. The number of ether oxygens (including phenoxy) is 1. The van der Waals surface area contributed by atoms with Gasteiger partial charge in [-0.1, -0.05) is 22.0 Å². The second-order valence-electron chi connectivity index (χ2n) is 5.48. The first-order chi connectivity index (χ1) is 11.6. The summed E-state index contributed by atoms with van der Waals surface area (Å²) in [6, 6.07) is 10.4. The molecule has 1 aromatic carbocycles. The number of carbonyl (C=O) groups excluding carboxylic acids is 1. The van der Waals surface area contributed by atoms with Gasteiger partial charge in [0, 0.05) is 10.5 Å². The van der Waals surface area contributed by atoms with Gasteiger partial charge in [-0.15, -0.1) is 0 Å². The van der Waals surface area contributed by atoms with E-state index in [-0.39, 0.29) is 18.3 Å². The molecule has 0 atom stereocenters. The molecule has 1 amide bonds. The van der Waals surface area contributed by atoms with Crippen LogP contribution in [0.5, 0.6) is 5.75 Å². The third kappa shape index (κ3) is 4.03. The van der Waals surface area contributed by atoms with E-state index in [9.17, 15) is 9.18 Å². The molecule has 1 N–H and O–H groups in total. The summed E-state index contributed by atoms with van der Waals surface area (Å²) in [6.07, 6.45) is 1.88. The molecule has 2 aromatic rings. The zero-order valence-corrected chi connectivity index (χ0v) is 14.6. The lowest BCUT2D eigenvalue weighted by Gasteiger charge is -2.30. The largest absolute Gasteiger partial charge is 0.481 e. The highest BCUT2D eigenvalue weighted by Crippen LogP contribution is 2.21. The van der Waals surface area contributed by atoms with Crippen LogP contribution in [0, 0.1) is 5.82 Å². The SMILES string of the molecule is O=C(COc1ccc(Br)cc1F)N1CCN(c2cccc[nH+]2)CC1. The van der Waals surface area contributed by atoms with Crippen molar-refractivity contribution in [1.82, 2.24) is 4.90 Å². The van der Waals surface area contributed by atoms with Crippen molar-refractivity contribution in [3.8, 4) is 5.75 Å². The van der Waals surface area contributed by atoms with E-state index in [4.69, 9.17) is 4.74 Å². The van der Waals surface area contributed by atoms with Crippen LogP contribution < -0.4 is 14.6 Å². The Morgan fingerprint density at radius 2 is 2.00 bits per heavy atom. The zero-order valence-electron chi connectivity index (χ0n) is 13.0. The lowest BCUT2D eigenvalue weighted by molar-refractivity contribution is -0.364. The maximum absolute atomic E-state index is 13.7. The number of hydrogen-bond acceptors (Lipinski definition) is 3. The molecule has 2 heterocycles. The molecule has 1 aromatic heterocycles. The van der Waals surface area contributed by atoms with E-state index in [1.165, 1.54) is 12.1 Å². The van der Waals surface area contributed by atoms with Crippen molar-refractivity contribution < 1.29 is 18.9 Å². The summed E-state index contributed by atoms with van der Waals surface area (Å²) in [5, 5.41) is 0. The van der Waals surface area contributed by atoms with Crippen LogP contribution in [0.3, 0.4) is 0 Å². The number of piperazine rings is 1. The second kappa shape index (κ2) is 7.61. The topological polar surface area (TPSA) is 46.9 Å². The Morgan fingerprint density at radius 3 is 2.67 bits per heavy atom. The number of halogens is 2. The summed E-state index contributed by atoms with van der Waals surface area (Å²) in [4.78, 5) is 19.4. The maximum atomic E-state index is 13.7. The molecule has 0 aliphatic carbocycles. The molecule has 126 valence electrons. The number of nitrogens with zero attached hydrogens (tertiary/aromatic N) is 2. The summed E-state index contributed by atoms with van der Waals surface area (Å²) in [5.41, 5.74) is 0. The molecule has 0 saturated carbocycles. The fourth-order valence-corrected chi connectivity index (χ4v) is 2.93. The molecule has 5 nitrogen and oxygen atoms in total. The Labute approximate surface area is 148 Å². The highest BCUT2D eigenvalue weighted by atomic mass is 79.9. The minimum atomic E-state index is -0.485. The first kappa shape index (κ1) is 16.7. The quantitative estimate of drug-likeness (QED) is 0.797. The number of nitrogens with one attached hydrogen (secondary N) is 1. The van der Waals surface area contributed by atoms with Crippen LogP contribution in [0.2, 0.25) is 0 Å². The van der Waals surface area contributed by atoms with Gasteiger partial charge in [0.05, 0.1) is 19.3 Å². The van der Waals surface area contributed by atoms with Crippen LogP contribution in [0.15, 0.2) is 47.1 Å². The molecule has 0 radical (unpaired) electrons. The summed E-state index contributed by atoms with van der Waals surface area (Å²) >= 11 is 3.19. The molecule has 0 bridgehead atoms. The number of aromatic nitrogens is 1. The molecule has 1 aliphatic rings. The lowest BCUT2D eigenvalue weighted by atomic mass is 10.3. The number of anilines is 1. The van der Waals surface area contributed by atoms with Gasteiger partial charge in [0.1, 0.15) is 13.1 Å². The summed E-state index contributed by atoms with van der Waals surface area (Å²) in [5.74, 6) is 0.512. The van der Waals surface area contributed by atoms with Gasteiger partial charge < -0.3 is 9.64 Å². The van der Waals surface area contributed by atoms with E-state index in [0.717, 1.165) is 18.9 Å². The normalized spacial score (nSPS) is 14.6. The number of benzene rings is 1. The van der Waals surface area contributed by atoms with Gasteiger partial charge in [-0.25, -0.2) is 9.37 Å². The van der Waals surface area contributed by atoms with E-state index >= 15 is 0 Å². The third-order valence-corrected chi connectivity index (χ3v) is 4.40. The minimum Gasteiger partial charge on any atom is -0.481 e. The Kier molecular flexibility index (Phi) is 5.30. The lowest BCUT2D eigenvalue weighted by Crippen LogP contribution is -2.51.